The number of nitrogens with zero attached hydrogens (tertiary/aromatic N) is 4. The van der Waals surface area contributed by atoms with Gasteiger partial charge in [0.2, 0.25) is 5.95 Å². The number of H-pyrrole nitrogens is 1. The Morgan fingerprint density at radius 1 is 1.10 bits per heavy atom. The summed E-state index contributed by atoms with van der Waals surface area (Å²) in [4.78, 5) is 17.5. The highest BCUT2D eigenvalue weighted by Crippen LogP contribution is 2.22. The minimum atomic E-state index is -3.69. The largest absolute Gasteiger partial charge is 0.378 e. The van der Waals surface area contributed by atoms with Crippen molar-refractivity contribution in [2.75, 3.05) is 41.2 Å². The normalized spacial score (nSPS) is 14.6. The van der Waals surface area contributed by atoms with Crippen LogP contribution in [0.2, 0.25) is 0 Å². The number of hydrogen-bond acceptors (Lipinski definition) is 8. The van der Waals surface area contributed by atoms with Crippen LogP contribution in [-0.2, 0) is 14.8 Å². The van der Waals surface area contributed by atoms with E-state index in [0.29, 0.717) is 30.7 Å². The predicted molar refractivity (Wildman–Crippen MR) is 109 cm³/mol. The molecule has 0 amide bonds. The molecule has 1 saturated heterocycles. The topological polar surface area (TPSA) is 125 Å². The second-order valence-corrected chi connectivity index (χ2v) is 8.17. The average Bonchev–Trinajstić information content (AvgIpc) is 3.26. The first-order valence-electron chi connectivity index (χ1n) is 9.06. The highest BCUT2D eigenvalue weighted by atomic mass is 32.2. The van der Waals surface area contributed by atoms with Crippen molar-refractivity contribution in [2.24, 2.45) is 0 Å². The van der Waals surface area contributed by atoms with Crippen molar-refractivity contribution >= 4 is 33.2 Å². The number of benzene rings is 1. The van der Waals surface area contributed by atoms with Crippen molar-refractivity contribution in [1.29, 1.82) is 0 Å². The van der Waals surface area contributed by atoms with Gasteiger partial charge in [0.25, 0.3) is 10.0 Å². The third kappa shape index (κ3) is 4.63. The van der Waals surface area contributed by atoms with E-state index in [9.17, 15) is 8.42 Å². The summed E-state index contributed by atoms with van der Waals surface area (Å²) in [5, 5.41) is 3.25. The standard InChI is InChI=1S/C18H21N7O3S/c1-13-10-16(23-18(21-13)25-6-8-28-9-7-25)22-14-2-4-15(5-3-14)24-29(26,27)17-11-19-12-20-17/h2-5,10-12,24H,6-9H2,1H3,(H,19,20)(H,21,22,23). The molecule has 0 bridgehead atoms. The molecule has 10 nitrogen and oxygen atoms in total. The molecule has 1 aromatic carbocycles. The van der Waals surface area contributed by atoms with Crippen LogP contribution in [0, 0.1) is 6.92 Å². The van der Waals surface area contributed by atoms with Crippen LogP contribution in [0.1, 0.15) is 5.69 Å². The van der Waals surface area contributed by atoms with Gasteiger partial charge in [0.1, 0.15) is 5.82 Å². The van der Waals surface area contributed by atoms with E-state index in [1.807, 2.05) is 13.0 Å². The number of imidazole rings is 1. The number of hydrogen-bond donors (Lipinski definition) is 3. The molecule has 1 aliphatic rings. The van der Waals surface area contributed by atoms with E-state index < -0.39 is 10.0 Å². The van der Waals surface area contributed by atoms with Gasteiger partial charge in [-0.3, -0.25) is 4.72 Å². The third-order valence-corrected chi connectivity index (χ3v) is 5.62. The van der Waals surface area contributed by atoms with Crippen LogP contribution in [0.5, 0.6) is 0 Å². The minimum Gasteiger partial charge on any atom is -0.378 e. The Bertz CT molecular complexity index is 1060. The number of aromatic nitrogens is 4. The first-order chi connectivity index (χ1) is 14.0. The van der Waals surface area contributed by atoms with Gasteiger partial charge in [-0.1, -0.05) is 0 Å². The van der Waals surface area contributed by atoms with Crippen molar-refractivity contribution in [1.82, 2.24) is 19.9 Å². The lowest BCUT2D eigenvalue weighted by Gasteiger charge is -2.27. The van der Waals surface area contributed by atoms with Crippen LogP contribution in [0.25, 0.3) is 0 Å². The lowest BCUT2D eigenvalue weighted by molar-refractivity contribution is 0.122. The fourth-order valence-corrected chi connectivity index (χ4v) is 3.86. The van der Waals surface area contributed by atoms with E-state index in [2.05, 4.69) is 34.9 Å². The summed E-state index contributed by atoms with van der Waals surface area (Å²) in [5.41, 5.74) is 2.08. The molecule has 3 aromatic rings. The number of aromatic amines is 1. The molecule has 1 fully saturated rings. The molecular weight excluding hydrogens is 394 g/mol. The third-order valence-electron chi connectivity index (χ3n) is 4.31. The summed E-state index contributed by atoms with van der Waals surface area (Å²) in [6, 6.07) is 8.76. The Kier molecular flexibility index (Phi) is 5.32. The molecule has 0 atom stereocenters. The van der Waals surface area contributed by atoms with Gasteiger partial charge >= 0.3 is 0 Å². The summed E-state index contributed by atoms with van der Waals surface area (Å²) >= 11 is 0. The molecule has 11 heteroatoms. The lowest BCUT2D eigenvalue weighted by atomic mass is 10.3. The fourth-order valence-electron chi connectivity index (χ4n) is 2.89. The molecule has 0 aliphatic carbocycles. The molecule has 3 N–H and O–H groups in total. The van der Waals surface area contributed by atoms with Gasteiger partial charge < -0.3 is 19.9 Å². The van der Waals surface area contributed by atoms with Gasteiger partial charge in [-0.2, -0.15) is 13.4 Å². The predicted octanol–water partition coefficient (Wildman–Crippen LogP) is 1.89. The maximum absolute atomic E-state index is 12.2. The van der Waals surface area contributed by atoms with Gasteiger partial charge in [0.15, 0.2) is 5.03 Å². The quantitative estimate of drug-likeness (QED) is 0.557. The van der Waals surface area contributed by atoms with Crippen LogP contribution >= 0.6 is 0 Å². The van der Waals surface area contributed by atoms with Crippen LogP contribution in [0.4, 0.5) is 23.1 Å². The molecule has 0 spiro atoms. The van der Waals surface area contributed by atoms with Gasteiger partial charge in [-0.15, -0.1) is 0 Å². The Hall–Kier alpha value is -3.18. The van der Waals surface area contributed by atoms with Gasteiger partial charge in [0, 0.05) is 36.2 Å². The summed E-state index contributed by atoms with van der Waals surface area (Å²) < 4.78 is 32.4. The molecule has 0 unspecified atom stereocenters. The Morgan fingerprint density at radius 3 is 2.52 bits per heavy atom. The number of aryl methyl sites for hydroxylation is 1. The van der Waals surface area contributed by atoms with Crippen LogP contribution < -0.4 is 14.9 Å². The van der Waals surface area contributed by atoms with E-state index in [4.69, 9.17) is 4.74 Å². The molecule has 3 heterocycles. The van der Waals surface area contributed by atoms with Crippen molar-refractivity contribution < 1.29 is 13.2 Å². The average molecular weight is 415 g/mol. The Labute approximate surface area is 168 Å². The van der Waals surface area contributed by atoms with Crippen molar-refractivity contribution in [2.45, 2.75) is 11.9 Å². The van der Waals surface area contributed by atoms with Gasteiger partial charge in [-0.25, -0.2) is 9.97 Å². The summed E-state index contributed by atoms with van der Waals surface area (Å²) in [7, 11) is -3.69. The van der Waals surface area contributed by atoms with E-state index in [1.165, 1.54) is 12.5 Å². The molecule has 4 rings (SSSR count). The van der Waals surface area contributed by atoms with E-state index in [-0.39, 0.29) is 5.03 Å². The first-order valence-corrected chi connectivity index (χ1v) is 10.5. The van der Waals surface area contributed by atoms with E-state index >= 15 is 0 Å². The second kappa shape index (κ2) is 8.05. The second-order valence-electron chi connectivity index (χ2n) is 6.52. The zero-order chi connectivity index (χ0) is 20.3. The van der Waals surface area contributed by atoms with E-state index in [1.54, 1.807) is 24.3 Å². The van der Waals surface area contributed by atoms with Crippen molar-refractivity contribution in [3.8, 4) is 0 Å². The van der Waals surface area contributed by atoms with Crippen LogP contribution in [-0.4, -0.2) is 54.7 Å². The number of anilines is 4. The highest BCUT2D eigenvalue weighted by Gasteiger charge is 2.16. The summed E-state index contributed by atoms with van der Waals surface area (Å²) in [6.07, 6.45) is 2.57. The molecule has 0 saturated carbocycles. The molecule has 1 aliphatic heterocycles. The van der Waals surface area contributed by atoms with Crippen LogP contribution in [0.3, 0.4) is 0 Å². The molecule has 29 heavy (non-hydrogen) atoms. The highest BCUT2D eigenvalue weighted by molar-refractivity contribution is 7.92. The number of sulfonamides is 1. The first kappa shape index (κ1) is 19.2. The maximum atomic E-state index is 12.2. The Balaban J connectivity index is 1.47. The molecule has 152 valence electrons. The van der Waals surface area contributed by atoms with Crippen LogP contribution in [0.15, 0.2) is 47.9 Å². The van der Waals surface area contributed by atoms with Crippen molar-refractivity contribution in [3.05, 3.63) is 48.5 Å². The van der Waals surface area contributed by atoms with E-state index in [0.717, 1.165) is 24.5 Å². The monoisotopic (exact) mass is 415 g/mol. The smallest absolute Gasteiger partial charge is 0.278 e. The summed E-state index contributed by atoms with van der Waals surface area (Å²) in [6.45, 7) is 4.76. The van der Waals surface area contributed by atoms with Gasteiger partial charge in [0.05, 0.1) is 25.7 Å². The number of nitrogens with one attached hydrogen (secondary N) is 3. The number of ether oxygens (including phenoxy) is 1. The zero-order valence-electron chi connectivity index (χ0n) is 15.8. The number of rotatable bonds is 6. The van der Waals surface area contributed by atoms with Gasteiger partial charge in [-0.05, 0) is 31.2 Å². The van der Waals surface area contributed by atoms with Crippen molar-refractivity contribution in [3.63, 3.8) is 0 Å². The number of morpholine rings is 1. The minimum absolute atomic E-state index is 0.00630. The SMILES string of the molecule is Cc1cc(Nc2ccc(NS(=O)(=O)c3cnc[nH]3)cc2)nc(N2CCOCC2)n1. The maximum Gasteiger partial charge on any atom is 0.278 e. The lowest BCUT2D eigenvalue weighted by Crippen LogP contribution is -2.37. The summed E-state index contributed by atoms with van der Waals surface area (Å²) in [5.74, 6) is 1.34. The Morgan fingerprint density at radius 2 is 1.83 bits per heavy atom. The zero-order valence-corrected chi connectivity index (χ0v) is 16.6. The molecule has 0 radical (unpaired) electrons. The molecular formula is C18H21N7O3S. The molecule has 2 aromatic heterocycles. The fraction of sp³-hybridized carbons (Fsp3) is 0.278.